The number of rotatable bonds is 5. The minimum absolute atomic E-state index is 0.244. The molecule has 1 N–H and O–H groups in total. The Labute approximate surface area is 161 Å². The van der Waals surface area contributed by atoms with Gasteiger partial charge in [-0.15, -0.1) is 0 Å². The number of nitrogens with zero attached hydrogens (tertiary/aromatic N) is 2. The summed E-state index contributed by atoms with van der Waals surface area (Å²) >= 11 is 10.0. The van der Waals surface area contributed by atoms with Gasteiger partial charge in [-0.05, 0) is 49.6 Å². The molecule has 2 heterocycles. The van der Waals surface area contributed by atoms with E-state index in [9.17, 15) is 9.18 Å². The lowest BCUT2D eigenvalue weighted by Gasteiger charge is -2.18. The summed E-state index contributed by atoms with van der Waals surface area (Å²) in [5.41, 5.74) is 0.737. The number of hydrogen-bond donors (Lipinski definition) is 1. The van der Waals surface area contributed by atoms with Crippen molar-refractivity contribution in [2.75, 3.05) is 42.6 Å². The van der Waals surface area contributed by atoms with Crippen LogP contribution in [0.5, 0.6) is 0 Å². The van der Waals surface area contributed by atoms with E-state index in [2.05, 4.69) is 5.32 Å². The van der Waals surface area contributed by atoms with E-state index in [0.717, 1.165) is 0 Å². The number of halogens is 1. The molecule has 0 unspecified atom stereocenters. The zero-order valence-corrected chi connectivity index (χ0v) is 15.7. The quantitative estimate of drug-likeness (QED) is 0.756. The van der Waals surface area contributed by atoms with Gasteiger partial charge in [-0.2, -0.15) is 0 Å². The Morgan fingerprint density at radius 3 is 2.92 bits per heavy atom. The van der Waals surface area contributed by atoms with Crippen molar-refractivity contribution in [2.24, 2.45) is 0 Å². The van der Waals surface area contributed by atoms with Crippen LogP contribution in [0.3, 0.4) is 0 Å². The first kappa shape index (κ1) is 18.6. The Kier molecular flexibility index (Phi) is 5.72. The van der Waals surface area contributed by atoms with E-state index in [1.165, 1.54) is 11.0 Å². The zero-order chi connectivity index (χ0) is 18.7. The van der Waals surface area contributed by atoms with Gasteiger partial charge < -0.3 is 19.5 Å². The van der Waals surface area contributed by atoms with Gasteiger partial charge in [0.2, 0.25) is 0 Å². The van der Waals surface area contributed by atoms with Crippen molar-refractivity contribution >= 4 is 52.3 Å². The average Bonchev–Trinajstić information content (AvgIpc) is 3.19. The van der Waals surface area contributed by atoms with Crippen LogP contribution in [0.25, 0.3) is 0 Å². The number of amides is 1. The van der Waals surface area contributed by atoms with Crippen LogP contribution in [0.2, 0.25) is 0 Å². The van der Waals surface area contributed by atoms with Crippen molar-refractivity contribution in [1.29, 1.82) is 0 Å². The number of hydrogen-bond acceptors (Lipinski definition) is 6. The zero-order valence-electron chi connectivity index (χ0n) is 14.1. The van der Waals surface area contributed by atoms with Crippen LogP contribution in [0.15, 0.2) is 18.2 Å². The molecule has 26 heavy (non-hydrogen) atoms. The fourth-order valence-electron chi connectivity index (χ4n) is 2.71. The molecule has 1 atom stereocenters. The van der Waals surface area contributed by atoms with Gasteiger partial charge in [-0.25, -0.2) is 9.18 Å². The number of carbonyl (C=O) groups excluding carboxylic acids is 1. The van der Waals surface area contributed by atoms with Crippen LogP contribution in [-0.2, 0) is 14.2 Å². The van der Waals surface area contributed by atoms with Gasteiger partial charge in [0.05, 0.1) is 37.6 Å². The van der Waals surface area contributed by atoms with Crippen molar-refractivity contribution in [1.82, 2.24) is 5.32 Å². The van der Waals surface area contributed by atoms with Gasteiger partial charge in [0.25, 0.3) is 10.3 Å². The molecular weight excluding hydrogens is 381 g/mol. The first-order chi connectivity index (χ1) is 12.5. The Hall–Kier alpha value is -2.20. The summed E-state index contributed by atoms with van der Waals surface area (Å²) in [6.07, 6.45) is -0.950. The third-order valence-electron chi connectivity index (χ3n) is 3.92. The third-order valence-corrected chi connectivity index (χ3v) is 4.52. The highest BCUT2D eigenvalue weighted by Gasteiger charge is 2.33. The summed E-state index contributed by atoms with van der Waals surface area (Å²) in [5, 5.41) is 3.37. The third kappa shape index (κ3) is 3.96. The number of anilines is 2. The van der Waals surface area contributed by atoms with Crippen molar-refractivity contribution in [3.05, 3.63) is 24.0 Å². The van der Waals surface area contributed by atoms with E-state index in [1.54, 1.807) is 17.0 Å². The summed E-state index contributed by atoms with van der Waals surface area (Å²) < 4.78 is 30.1. The summed E-state index contributed by atoms with van der Waals surface area (Å²) in [6.45, 7) is 3.81. The molecule has 10 heteroatoms. The molecule has 1 aromatic rings. The van der Waals surface area contributed by atoms with Crippen LogP contribution in [0.1, 0.15) is 6.92 Å². The number of cyclic esters (lactones) is 1. The maximum absolute atomic E-state index is 14.5. The van der Waals surface area contributed by atoms with Gasteiger partial charge in [-0.1, -0.05) is 0 Å². The molecule has 0 aromatic heterocycles. The lowest BCUT2D eigenvalue weighted by Crippen LogP contribution is -2.34. The molecule has 0 saturated carbocycles. The maximum Gasteiger partial charge on any atom is 0.414 e. The second-order valence-corrected chi connectivity index (χ2v) is 6.34. The smallest absolute Gasteiger partial charge is 0.414 e. The monoisotopic (exact) mass is 399 g/mol. The van der Waals surface area contributed by atoms with E-state index in [-0.39, 0.29) is 16.9 Å². The van der Waals surface area contributed by atoms with Gasteiger partial charge in [-0.3, -0.25) is 9.80 Å². The number of carbonyl (C=O) groups is 1. The van der Waals surface area contributed by atoms with Crippen LogP contribution in [0.4, 0.5) is 20.6 Å². The van der Waals surface area contributed by atoms with Crippen LogP contribution >= 0.6 is 24.4 Å². The van der Waals surface area contributed by atoms with E-state index in [4.69, 9.17) is 38.6 Å². The molecule has 140 valence electrons. The van der Waals surface area contributed by atoms with Gasteiger partial charge in [0.1, 0.15) is 18.5 Å². The molecule has 0 radical (unpaired) electrons. The lowest BCUT2D eigenvalue weighted by atomic mass is 10.2. The van der Waals surface area contributed by atoms with Gasteiger partial charge >= 0.3 is 6.09 Å². The molecule has 7 nitrogen and oxygen atoms in total. The minimum Gasteiger partial charge on any atom is -0.471 e. The van der Waals surface area contributed by atoms with Crippen LogP contribution in [0, 0.1) is 5.82 Å². The average molecular weight is 399 g/mol. The van der Waals surface area contributed by atoms with Crippen LogP contribution in [-0.4, -0.2) is 55.4 Å². The summed E-state index contributed by atoms with van der Waals surface area (Å²) in [6, 6.07) is 4.52. The maximum atomic E-state index is 14.5. The second kappa shape index (κ2) is 8.00. The first-order valence-corrected chi connectivity index (χ1v) is 8.94. The van der Waals surface area contributed by atoms with Crippen LogP contribution < -0.4 is 15.1 Å². The fourth-order valence-corrected chi connectivity index (χ4v) is 3.19. The molecule has 1 amide bonds. The van der Waals surface area contributed by atoms with E-state index in [1.807, 2.05) is 6.92 Å². The molecule has 0 spiro atoms. The van der Waals surface area contributed by atoms with E-state index in [0.29, 0.717) is 37.7 Å². The normalized spacial score (nSPS) is 19.4. The summed E-state index contributed by atoms with van der Waals surface area (Å²) in [7, 11) is 0. The molecule has 0 aliphatic carbocycles. The Balaban J connectivity index is 1.65. The number of benzene rings is 1. The predicted octanol–water partition coefficient (Wildman–Crippen LogP) is 2.18. The van der Waals surface area contributed by atoms with Gasteiger partial charge in [0.15, 0.2) is 0 Å². The first-order valence-electron chi connectivity index (χ1n) is 8.12. The molecule has 2 saturated heterocycles. The second-order valence-electron chi connectivity index (χ2n) is 5.62. The molecule has 2 fully saturated rings. The minimum atomic E-state index is -0.536. The Bertz CT molecular complexity index is 733. The molecular formula is C16H18FN3O4S2. The summed E-state index contributed by atoms with van der Waals surface area (Å²) in [5.74, 6) is -0.484. The van der Waals surface area contributed by atoms with Crippen molar-refractivity contribution < 1.29 is 23.4 Å². The fraction of sp³-hybridized carbons (Fsp3) is 0.438. The molecule has 1 aromatic carbocycles. The highest BCUT2D eigenvalue weighted by molar-refractivity contribution is 7.80. The number of ether oxygens (including phenoxy) is 3. The highest BCUT2D eigenvalue weighted by atomic mass is 32.1. The lowest BCUT2D eigenvalue weighted by molar-refractivity contribution is 0.141. The van der Waals surface area contributed by atoms with Crippen molar-refractivity contribution in [2.45, 2.75) is 13.0 Å². The van der Waals surface area contributed by atoms with Crippen molar-refractivity contribution in [3.8, 4) is 0 Å². The molecule has 3 rings (SSSR count). The Morgan fingerprint density at radius 2 is 2.27 bits per heavy atom. The van der Waals surface area contributed by atoms with E-state index < -0.39 is 18.0 Å². The molecule has 2 aliphatic rings. The van der Waals surface area contributed by atoms with Crippen molar-refractivity contribution in [3.63, 3.8) is 0 Å². The van der Waals surface area contributed by atoms with Gasteiger partial charge in [0, 0.05) is 0 Å². The topological polar surface area (TPSA) is 63.3 Å². The predicted molar refractivity (Wildman–Crippen MR) is 102 cm³/mol. The molecule has 0 bridgehead atoms. The molecule has 2 aliphatic heterocycles. The SMILES string of the molecule is CCOC(=S)NC[C@H]1CN(c2ccc(N3CCOC3=S)c(F)c2)C(=O)O1. The summed E-state index contributed by atoms with van der Waals surface area (Å²) in [4.78, 5) is 15.1. The standard InChI is InChI=1S/C16H18FN3O4S2/c1-2-22-14(25)18-8-11-9-20(15(21)24-11)10-3-4-13(12(17)7-10)19-5-6-23-16(19)26/h3-4,7,11H,2,5-6,8-9H2,1H3,(H,18,25)/t11-/m0/s1. The number of thiocarbonyl (C=S) groups is 2. The Morgan fingerprint density at radius 1 is 1.46 bits per heavy atom. The highest BCUT2D eigenvalue weighted by Crippen LogP contribution is 2.29. The largest absolute Gasteiger partial charge is 0.471 e. The van der Waals surface area contributed by atoms with E-state index >= 15 is 0 Å². The number of nitrogens with one attached hydrogen (secondary N) is 1.